The molecule has 6 aliphatic heterocycles. The fourth-order valence-corrected chi connectivity index (χ4v) is 11.8. The lowest BCUT2D eigenvalue weighted by Crippen LogP contribution is -2.60. The zero-order valence-electron chi connectivity index (χ0n) is 48.4. The zero-order valence-corrected chi connectivity index (χ0v) is 48.4. The third-order valence-corrected chi connectivity index (χ3v) is 16.5. The standard InChI is InChI=1S/C57H66N6O28/c1-82-28-6-8-32-30(20-28)50(72)58-14-12-38(42(58)52(74)60(32)56(76)86-24-26-4-10-36(34(18-26)62(78)79)88-54-48(70)46(68)44(66)40(22-64)90-54)84-16-3-17-85-39-13-15-59-43(39)53(75)61(33-9-7-29(83-2)21-31(33)51(59)73)57(77)87-25-27-5-11-37(35(19-27)63(80)81)89-55-49(71)47(69)45(67)41(23-65)91-55/h4-11,18-21,38-49,52-55,64-71,74-75H,3,12-17,22-25H2,1-2H3/t38?,39?,40-,41-,42?,43?,44+,45+,46+,47+,48-,49-,52+,53+,54-,55-/m1/s1. The number of rotatable bonds is 20. The molecule has 4 aromatic carbocycles. The van der Waals surface area contributed by atoms with Crippen LogP contribution in [0.25, 0.3) is 0 Å². The quantitative estimate of drug-likeness (QED) is 0.0292. The van der Waals surface area contributed by atoms with Crippen molar-refractivity contribution in [2.24, 2.45) is 0 Å². The maximum atomic E-state index is 14.3. The number of hydrogen-bond donors (Lipinski definition) is 10. The smallest absolute Gasteiger partial charge is 0.416 e. The highest BCUT2D eigenvalue weighted by atomic mass is 16.7. The first-order chi connectivity index (χ1) is 43.6. The summed E-state index contributed by atoms with van der Waals surface area (Å²) in [5.74, 6) is -1.61. The van der Waals surface area contributed by atoms with Crippen LogP contribution in [0, 0.1) is 20.2 Å². The van der Waals surface area contributed by atoms with Gasteiger partial charge in [0.05, 0.1) is 72.0 Å². The Kier molecular flexibility index (Phi) is 20.0. The van der Waals surface area contributed by atoms with E-state index in [4.69, 9.17) is 47.4 Å². The number of anilines is 2. The summed E-state index contributed by atoms with van der Waals surface area (Å²) in [6.07, 6.45) is -24.4. The average Bonchev–Trinajstić information content (AvgIpc) is 1.64. The summed E-state index contributed by atoms with van der Waals surface area (Å²) in [4.78, 5) is 84.4. The Bertz CT molecular complexity index is 3150. The van der Waals surface area contributed by atoms with E-state index in [0.29, 0.717) is 0 Å². The molecule has 492 valence electrons. The first-order valence-electron chi connectivity index (χ1n) is 28.6. The van der Waals surface area contributed by atoms with Crippen molar-refractivity contribution < 1.29 is 127 Å². The van der Waals surface area contributed by atoms with Crippen molar-refractivity contribution in [3.8, 4) is 23.0 Å². The number of nitro benzene ring substituents is 2. The number of hydrogen-bond acceptors (Lipinski definition) is 28. The SMILES string of the molecule is COc1ccc2c(c1)C(=O)N1CCC(OCCCOC3CCN4C(=O)c5cc(OC)ccc5N(C(=O)OCc5ccc(O[C@@H]6O[C@H](CO)[C@H](O)[C@H](O)[C@H]6O)c([N+](=O)[O-])c5)[C@@H](O)C34)C1[C@H](O)N2C(=O)OCc1ccc(O[C@@H]2O[C@H](CO)[C@H](O)[C@H](O)[C@H]2O)c([N+](=O)[O-])c1. The highest BCUT2D eigenvalue weighted by Crippen LogP contribution is 2.42. The molecule has 91 heavy (non-hydrogen) atoms. The van der Waals surface area contributed by atoms with Crippen molar-refractivity contribution in [3.63, 3.8) is 0 Å². The summed E-state index contributed by atoms with van der Waals surface area (Å²) in [5.41, 5.74) is -1.53. The fraction of sp³-hybridized carbons (Fsp3) is 0.509. The van der Waals surface area contributed by atoms with Crippen molar-refractivity contribution in [3.05, 3.63) is 115 Å². The molecule has 0 radical (unpaired) electrons. The van der Waals surface area contributed by atoms with E-state index in [1.165, 1.54) is 72.6 Å². The van der Waals surface area contributed by atoms with Crippen LogP contribution in [0.3, 0.4) is 0 Å². The van der Waals surface area contributed by atoms with Crippen LogP contribution in [0.1, 0.15) is 51.1 Å². The molecule has 10 rings (SSSR count). The highest BCUT2D eigenvalue weighted by Gasteiger charge is 2.53. The number of methoxy groups -OCH3 is 2. The van der Waals surface area contributed by atoms with Crippen molar-refractivity contribution in [1.29, 1.82) is 0 Å². The molecular weight excluding hydrogens is 1220 g/mol. The predicted molar refractivity (Wildman–Crippen MR) is 301 cm³/mol. The molecule has 10 N–H and O–H groups in total. The number of benzene rings is 4. The summed E-state index contributed by atoms with van der Waals surface area (Å²) in [6.45, 7) is -2.81. The van der Waals surface area contributed by atoms with Crippen LogP contribution in [-0.2, 0) is 41.6 Å². The molecule has 4 unspecified atom stereocenters. The molecule has 4 saturated heterocycles. The monoisotopic (exact) mass is 1280 g/mol. The van der Waals surface area contributed by atoms with Gasteiger partial charge in [-0.1, -0.05) is 12.1 Å². The number of aliphatic hydroxyl groups excluding tert-OH is 10. The van der Waals surface area contributed by atoms with E-state index >= 15 is 0 Å². The lowest BCUT2D eigenvalue weighted by atomic mass is 9.99. The van der Waals surface area contributed by atoms with Gasteiger partial charge in [-0.05, 0) is 78.9 Å². The second kappa shape index (κ2) is 27.7. The molecule has 6 heterocycles. The molecule has 34 nitrogen and oxygen atoms in total. The number of nitrogens with zero attached hydrogens (tertiary/aromatic N) is 6. The number of fused-ring (bicyclic) bond motifs is 4. The number of aliphatic hydroxyl groups is 10. The molecule has 0 saturated carbocycles. The summed E-state index contributed by atoms with van der Waals surface area (Å²) in [5, 5.41) is 130. The molecule has 4 aromatic rings. The third-order valence-electron chi connectivity index (χ3n) is 16.5. The van der Waals surface area contributed by atoms with Gasteiger partial charge in [-0.15, -0.1) is 0 Å². The largest absolute Gasteiger partial charge is 0.497 e. The van der Waals surface area contributed by atoms with E-state index < -0.39 is 181 Å². The summed E-state index contributed by atoms with van der Waals surface area (Å²) < 4.78 is 56.3. The Morgan fingerprint density at radius 3 is 1.32 bits per heavy atom. The van der Waals surface area contributed by atoms with Crippen LogP contribution in [0.2, 0.25) is 0 Å². The van der Waals surface area contributed by atoms with Gasteiger partial charge < -0.3 is 108 Å². The Balaban J connectivity index is 0.793. The van der Waals surface area contributed by atoms with Crippen molar-refractivity contribution in [2.45, 2.75) is 131 Å². The molecule has 16 atom stereocenters. The van der Waals surface area contributed by atoms with Crippen molar-refractivity contribution in [1.82, 2.24) is 9.80 Å². The predicted octanol–water partition coefficient (Wildman–Crippen LogP) is -0.882. The Labute approximate surface area is 515 Å². The van der Waals surface area contributed by atoms with Crippen LogP contribution >= 0.6 is 0 Å². The second-order valence-corrected chi connectivity index (χ2v) is 21.9. The Morgan fingerprint density at radius 2 is 0.956 bits per heavy atom. The van der Waals surface area contributed by atoms with Gasteiger partial charge in [-0.3, -0.25) is 29.8 Å². The van der Waals surface area contributed by atoms with Gasteiger partial charge in [0.15, 0.2) is 24.0 Å². The number of nitro groups is 2. The molecule has 0 aromatic heterocycles. The molecule has 4 amide bonds. The summed E-state index contributed by atoms with van der Waals surface area (Å²) in [6, 6.07) is 12.8. The fourth-order valence-electron chi connectivity index (χ4n) is 11.8. The van der Waals surface area contributed by atoms with Crippen molar-refractivity contribution >= 4 is 46.8 Å². The van der Waals surface area contributed by atoms with Gasteiger partial charge >= 0.3 is 23.6 Å². The topological polar surface area (TPSA) is 462 Å². The van der Waals surface area contributed by atoms with E-state index in [-0.39, 0.29) is 90.7 Å². The van der Waals surface area contributed by atoms with Gasteiger partial charge in [0.25, 0.3) is 11.8 Å². The molecule has 4 fully saturated rings. The Morgan fingerprint density at radius 1 is 0.560 bits per heavy atom. The number of amides is 4. The number of carbonyl (C=O) groups excluding carboxylic acids is 4. The number of carbonyl (C=O) groups is 4. The van der Waals surface area contributed by atoms with Gasteiger partial charge in [-0.25, -0.2) is 19.4 Å². The zero-order chi connectivity index (χ0) is 65.3. The first-order valence-corrected chi connectivity index (χ1v) is 28.6. The van der Waals surface area contributed by atoms with Crippen LogP contribution in [0.15, 0.2) is 72.8 Å². The highest BCUT2D eigenvalue weighted by molar-refractivity contribution is 6.06. The molecule has 0 aliphatic carbocycles. The minimum atomic E-state index is -1.89. The van der Waals surface area contributed by atoms with Crippen LogP contribution < -0.4 is 28.7 Å². The van der Waals surface area contributed by atoms with E-state index in [2.05, 4.69) is 0 Å². The normalized spacial score (nSPS) is 29.5. The van der Waals surface area contributed by atoms with Crippen LogP contribution in [-0.4, -0.2) is 247 Å². The maximum Gasteiger partial charge on any atom is 0.416 e. The average molecular weight is 1280 g/mol. The minimum Gasteiger partial charge on any atom is -0.497 e. The molecular formula is C57H66N6O28. The molecule has 0 spiro atoms. The summed E-state index contributed by atoms with van der Waals surface area (Å²) >= 11 is 0. The lowest BCUT2D eigenvalue weighted by Gasteiger charge is -2.39. The van der Waals surface area contributed by atoms with E-state index in [1.54, 1.807) is 0 Å². The lowest BCUT2D eigenvalue weighted by molar-refractivity contribution is -0.387. The van der Waals surface area contributed by atoms with Gasteiger partial charge in [0.1, 0.15) is 85.6 Å². The van der Waals surface area contributed by atoms with Gasteiger partial charge in [0, 0.05) is 38.4 Å². The van der Waals surface area contributed by atoms with Crippen LogP contribution in [0.4, 0.5) is 32.3 Å². The van der Waals surface area contributed by atoms with Crippen LogP contribution in [0.5, 0.6) is 23.0 Å². The minimum absolute atomic E-state index is 0.0411. The van der Waals surface area contributed by atoms with E-state index in [9.17, 15) is 90.5 Å². The maximum absolute atomic E-state index is 14.3. The van der Waals surface area contributed by atoms with Gasteiger partial charge in [-0.2, -0.15) is 0 Å². The van der Waals surface area contributed by atoms with Gasteiger partial charge in [0.2, 0.25) is 12.6 Å². The third kappa shape index (κ3) is 13.0. The van der Waals surface area contributed by atoms with E-state index in [0.717, 1.165) is 34.1 Å². The summed E-state index contributed by atoms with van der Waals surface area (Å²) in [7, 11) is 2.73. The molecule has 6 aliphatic rings. The number of ether oxygens (including phenoxy) is 10. The first kappa shape index (κ1) is 65.7. The molecule has 34 heteroatoms. The molecule has 0 bridgehead atoms. The van der Waals surface area contributed by atoms with E-state index in [1.807, 2.05) is 0 Å². The van der Waals surface area contributed by atoms with Crippen molar-refractivity contribution in [2.75, 3.05) is 63.5 Å². The Hall–Kier alpha value is -8.20. The second-order valence-electron chi connectivity index (χ2n) is 21.9.